The van der Waals surface area contributed by atoms with Crippen LogP contribution in [-0.4, -0.2) is 25.2 Å². The Kier molecular flexibility index (Phi) is 4.18. The fourth-order valence-electron chi connectivity index (χ4n) is 2.27. The Morgan fingerprint density at radius 3 is 2.95 bits per heavy atom. The van der Waals surface area contributed by atoms with Crippen molar-refractivity contribution in [1.29, 1.82) is 0 Å². The molecule has 1 N–H and O–H groups in total. The molecule has 2 heterocycles. The van der Waals surface area contributed by atoms with Gasteiger partial charge in [-0.1, -0.05) is 12.1 Å². The summed E-state index contributed by atoms with van der Waals surface area (Å²) in [5.74, 6) is 1.56. The number of fused-ring (bicyclic) bond motifs is 1. The van der Waals surface area contributed by atoms with Crippen LogP contribution in [0.3, 0.4) is 0 Å². The van der Waals surface area contributed by atoms with Crippen LogP contribution in [0.15, 0.2) is 24.3 Å². The minimum absolute atomic E-state index is 0.625. The van der Waals surface area contributed by atoms with Crippen molar-refractivity contribution in [2.45, 2.75) is 19.4 Å². The van der Waals surface area contributed by atoms with Crippen LogP contribution in [0.5, 0.6) is 11.5 Å². The second-order valence-corrected chi connectivity index (χ2v) is 5.82. The van der Waals surface area contributed by atoms with Crippen molar-refractivity contribution in [3.05, 3.63) is 39.8 Å². The van der Waals surface area contributed by atoms with Crippen molar-refractivity contribution in [3.8, 4) is 11.5 Å². The highest BCUT2D eigenvalue weighted by Gasteiger charge is 2.14. The number of ether oxygens (including phenoxy) is 2. The number of nitrogens with one attached hydrogen (secondary N) is 1. The first-order valence-corrected chi connectivity index (χ1v) is 7.62. The van der Waals surface area contributed by atoms with E-state index in [4.69, 9.17) is 14.5 Å². The maximum Gasteiger partial charge on any atom is 0.161 e. The van der Waals surface area contributed by atoms with Gasteiger partial charge in [0.05, 0.1) is 24.4 Å². The summed E-state index contributed by atoms with van der Waals surface area (Å²) in [5.41, 5.74) is 1.26. The van der Waals surface area contributed by atoms with Crippen LogP contribution in [0.1, 0.15) is 15.6 Å². The van der Waals surface area contributed by atoms with Gasteiger partial charge in [0.2, 0.25) is 0 Å². The number of aromatic nitrogens is 1. The van der Waals surface area contributed by atoms with Gasteiger partial charge >= 0.3 is 0 Å². The van der Waals surface area contributed by atoms with Crippen molar-refractivity contribution in [2.75, 3.05) is 20.3 Å². The standard InChI is InChI=1S/C15H18N2O2S/c1-18-12-4-2-3-5-13(12)19-9-7-15-17-11-6-8-16-10-14(11)20-15/h2-5,16H,6-10H2,1H3. The highest BCUT2D eigenvalue weighted by molar-refractivity contribution is 7.11. The number of para-hydroxylation sites is 2. The van der Waals surface area contributed by atoms with Crippen LogP contribution >= 0.6 is 11.3 Å². The third-order valence-corrected chi connectivity index (χ3v) is 4.45. The monoisotopic (exact) mass is 290 g/mol. The molecule has 0 aliphatic carbocycles. The summed E-state index contributed by atoms with van der Waals surface area (Å²) in [6, 6.07) is 7.72. The average molecular weight is 290 g/mol. The highest BCUT2D eigenvalue weighted by Crippen LogP contribution is 2.26. The molecule has 1 aliphatic heterocycles. The molecule has 1 aliphatic rings. The molecule has 0 saturated heterocycles. The summed E-state index contributed by atoms with van der Waals surface area (Å²) in [6.45, 7) is 2.62. The Hall–Kier alpha value is -1.59. The largest absolute Gasteiger partial charge is 0.493 e. The van der Waals surface area contributed by atoms with E-state index >= 15 is 0 Å². The molecule has 0 amide bonds. The van der Waals surface area contributed by atoms with E-state index in [9.17, 15) is 0 Å². The predicted octanol–water partition coefficient (Wildman–Crippen LogP) is 2.42. The lowest BCUT2D eigenvalue weighted by Crippen LogP contribution is -2.22. The van der Waals surface area contributed by atoms with E-state index in [-0.39, 0.29) is 0 Å². The summed E-state index contributed by atoms with van der Waals surface area (Å²) in [6.07, 6.45) is 1.88. The average Bonchev–Trinajstić information content (AvgIpc) is 2.90. The van der Waals surface area contributed by atoms with Crippen LogP contribution in [0.4, 0.5) is 0 Å². The fourth-order valence-corrected chi connectivity index (χ4v) is 3.34. The van der Waals surface area contributed by atoms with E-state index < -0.39 is 0 Å². The van der Waals surface area contributed by atoms with Crippen molar-refractivity contribution in [3.63, 3.8) is 0 Å². The van der Waals surface area contributed by atoms with Crippen LogP contribution in [0.25, 0.3) is 0 Å². The normalized spacial score (nSPS) is 13.8. The van der Waals surface area contributed by atoms with E-state index in [2.05, 4.69) is 5.32 Å². The lowest BCUT2D eigenvalue weighted by Gasteiger charge is -2.09. The van der Waals surface area contributed by atoms with Gasteiger partial charge in [-0.2, -0.15) is 0 Å². The van der Waals surface area contributed by atoms with Gasteiger partial charge in [-0.05, 0) is 12.1 Å². The molecular formula is C15H18N2O2S. The van der Waals surface area contributed by atoms with Crippen LogP contribution in [0, 0.1) is 0 Å². The summed E-state index contributed by atoms with van der Waals surface area (Å²) in [4.78, 5) is 6.07. The SMILES string of the molecule is COc1ccccc1OCCc1nc2c(s1)CNCC2. The first kappa shape index (κ1) is 13.4. The van der Waals surface area contributed by atoms with Crippen LogP contribution in [-0.2, 0) is 19.4 Å². The van der Waals surface area contributed by atoms with Crippen molar-refractivity contribution >= 4 is 11.3 Å². The Labute approximate surface area is 122 Å². The molecule has 20 heavy (non-hydrogen) atoms. The molecule has 4 nitrogen and oxygen atoms in total. The highest BCUT2D eigenvalue weighted by atomic mass is 32.1. The van der Waals surface area contributed by atoms with E-state index in [0.29, 0.717) is 6.61 Å². The van der Waals surface area contributed by atoms with Gasteiger partial charge in [0.25, 0.3) is 0 Å². The molecule has 1 aromatic carbocycles. The maximum atomic E-state index is 5.79. The summed E-state index contributed by atoms with van der Waals surface area (Å²) >= 11 is 1.80. The zero-order chi connectivity index (χ0) is 13.8. The zero-order valence-electron chi connectivity index (χ0n) is 11.5. The molecule has 1 aromatic heterocycles. The Bertz CT molecular complexity index is 560. The number of methoxy groups -OCH3 is 1. The Morgan fingerprint density at radius 2 is 2.15 bits per heavy atom. The zero-order valence-corrected chi connectivity index (χ0v) is 12.3. The molecule has 0 radical (unpaired) electrons. The third-order valence-electron chi connectivity index (χ3n) is 3.29. The topological polar surface area (TPSA) is 43.4 Å². The first-order valence-electron chi connectivity index (χ1n) is 6.81. The quantitative estimate of drug-likeness (QED) is 0.918. The van der Waals surface area contributed by atoms with Gasteiger partial charge < -0.3 is 14.8 Å². The molecule has 0 bridgehead atoms. The second kappa shape index (κ2) is 6.24. The van der Waals surface area contributed by atoms with Gasteiger partial charge in [-0.25, -0.2) is 4.98 Å². The molecule has 0 atom stereocenters. The molecule has 3 rings (SSSR count). The number of nitrogens with zero attached hydrogens (tertiary/aromatic N) is 1. The predicted molar refractivity (Wildman–Crippen MR) is 79.7 cm³/mol. The van der Waals surface area contributed by atoms with Gasteiger partial charge in [0.15, 0.2) is 11.5 Å². The lowest BCUT2D eigenvalue weighted by molar-refractivity contribution is 0.297. The molecule has 0 fully saturated rings. The number of hydrogen-bond acceptors (Lipinski definition) is 5. The third kappa shape index (κ3) is 2.94. The number of rotatable bonds is 5. The van der Waals surface area contributed by atoms with E-state index in [1.165, 1.54) is 10.6 Å². The molecule has 0 saturated carbocycles. The molecule has 5 heteroatoms. The van der Waals surface area contributed by atoms with E-state index in [0.717, 1.165) is 42.4 Å². The fraction of sp³-hybridized carbons (Fsp3) is 0.400. The molecule has 0 unspecified atom stereocenters. The first-order chi connectivity index (χ1) is 9.86. The number of thiazole rings is 1. The number of hydrogen-bond donors (Lipinski definition) is 1. The lowest BCUT2D eigenvalue weighted by atomic mass is 10.2. The van der Waals surface area contributed by atoms with Gasteiger partial charge in [-0.15, -0.1) is 11.3 Å². The van der Waals surface area contributed by atoms with E-state index in [1.54, 1.807) is 18.4 Å². The Morgan fingerprint density at radius 1 is 1.30 bits per heavy atom. The van der Waals surface area contributed by atoms with Crippen molar-refractivity contribution in [1.82, 2.24) is 10.3 Å². The number of benzene rings is 1. The molecule has 2 aromatic rings. The minimum atomic E-state index is 0.625. The van der Waals surface area contributed by atoms with Crippen molar-refractivity contribution in [2.24, 2.45) is 0 Å². The second-order valence-electron chi connectivity index (χ2n) is 4.65. The van der Waals surface area contributed by atoms with Gasteiger partial charge in [0.1, 0.15) is 0 Å². The van der Waals surface area contributed by atoms with Gasteiger partial charge in [-0.3, -0.25) is 0 Å². The summed E-state index contributed by atoms with van der Waals surface area (Å²) < 4.78 is 11.1. The van der Waals surface area contributed by atoms with Crippen LogP contribution < -0.4 is 14.8 Å². The Balaban J connectivity index is 1.58. The minimum Gasteiger partial charge on any atom is -0.493 e. The molecule has 0 spiro atoms. The summed E-state index contributed by atoms with van der Waals surface area (Å²) in [5, 5.41) is 4.53. The van der Waals surface area contributed by atoms with Crippen molar-refractivity contribution < 1.29 is 9.47 Å². The van der Waals surface area contributed by atoms with E-state index in [1.807, 2.05) is 24.3 Å². The smallest absolute Gasteiger partial charge is 0.161 e. The van der Waals surface area contributed by atoms with Gasteiger partial charge in [0, 0.05) is 30.8 Å². The maximum absolute atomic E-state index is 5.79. The van der Waals surface area contributed by atoms with Crippen LogP contribution in [0.2, 0.25) is 0 Å². The molecule has 106 valence electrons. The summed E-state index contributed by atoms with van der Waals surface area (Å²) in [7, 11) is 1.66. The molecular weight excluding hydrogens is 272 g/mol.